The number of benzene rings is 2. The normalized spacial score (nSPS) is 10.6. The van der Waals surface area contributed by atoms with Crippen molar-refractivity contribution in [1.82, 2.24) is 9.78 Å². The number of nitrogens with zero attached hydrogens (tertiary/aromatic N) is 2. The van der Waals surface area contributed by atoms with Gasteiger partial charge in [-0.1, -0.05) is 51.3 Å². The minimum atomic E-state index is -0.263. The van der Waals surface area contributed by atoms with Gasteiger partial charge in [-0.05, 0) is 42.0 Å². The highest BCUT2D eigenvalue weighted by Gasteiger charge is 2.12. The summed E-state index contributed by atoms with van der Waals surface area (Å²) in [5, 5.41) is 8.11. The molecule has 0 radical (unpaired) electrons. The molecule has 0 spiro atoms. The first-order valence-corrected chi connectivity index (χ1v) is 8.60. The highest BCUT2D eigenvalue weighted by Crippen LogP contribution is 2.21. The number of aromatic nitrogens is 2. The van der Waals surface area contributed by atoms with Crippen LogP contribution in [0.15, 0.2) is 59.2 Å². The molecule has 0 unspecified atom stereocenters. The van der Waals surface area contributed by atoms with Gasteiger partial charge in [0, 0.05) is 21.3 Å². The summed E-state index contributed by atoms with van der Waals surface area (Å²) >= 11 is 15.4. The molecule has 0 saturated carbocycles. The first-order valence-electron chi connectivity index (χ1n) is 7.05. The summed E-state index contributed by atoms with van der Waals surface area (Å²) in [4.78, 5) is 12.2. The van der Waals surface area contributed by atoms with Crippen molar-refractivity contribution in [2.75, 3.05) is 5.32 Å². The monoisotopic (exact) mass is 423 g/mol. The van der Waals surface area contributed by atoms with Gasteiger partial charge in [-0.15, -0.1) is 0 Å². The van der Waals surface area contributed by atoms with Gasteiger partial charge < -0.3 is 5.32 Å². The Kier molecular flexibility index (Phi) is 5.23. The highest BCUT2D eigenvalue weighted by molar-refractivity contribution is 9.10. The maximum Gasteiger partial charge on any atom is 0.256 e. The van der Waals surface area contributed by atoms with Crippen LogP contribution in [-0.2, 0) is 6.54 Å². The lowest BCUT2D eigenvalue weighted by Crippen LogP contribution is -2.13. The second-order valence-corrected chi connectivity index (χ2v) is 6.87. The standard InChI is InChI=1S/C17H12BrCl2N3O/c18-13-5-3-12(4-6-13)17(24)21-16-15(20)10-23(22-16)9-11-1-7-14(19)8-2-11/h1-8,10H,9H2,(H,21,22,24). The lowest BCUT2D eigenvalue weighted by molar-refractivity contribution is 0.102. The van der Waals surface area contributed by atoms with E-state index in [9.17, 15) is 4.79 Å². The average Bonchev–Trinajstić information content (AvgIpc) is 2.89. The Morgan fingerprint density at radius 3 is 2.42 bits per heavy atom. The molecule has 0 saturated heterocycles. The zero-order chi connectivity index (χ0) is 17.1. The zero-order valence-corrected chi connectivity index (χ0v) is 15.4. The molecule has 0 aliphatic carbocycles. The Labute approximate surface area is 157 Å². The van der Waals surface area contributed by atoms with E-state index in [1.54, 1.807) is 35.1 Å². The van der Waals surface area contributed by atoms with Crippen molar-refractivity contribution < 1.29 is 4.79 Å². The largest absolute Gasteiger partial charge is 0.304 e. The summed E-state index contributed by atoms with van der Waals surface area (Å²) in [6.45, 7) is 0.533. The molecule has 0 bridgehead atoms. The summed E-state index contributed by atoms with van der Waals surface area (Å²) in [5.41, 5.74) is 1.56. The third-order valence-corrected chi connectivity index (χ3v) is 4.37. The second-order valence-electron chi connectivity index (χ2n) is 5.11. The number of carbonyl (C=O) groups is 1. The van der Waals surface area contributed by atoms with E-state index in [1.807, 2.05) is 24.3 Å². The number of amides is 1. The summed E-state index contributed by atoms with van der Waals surface area (Å²) < 4.78 is 2.58. The predicted molar refractivity (Wildman–Crippen MR) is 99.9 cm³/mol. The van der Waals surface area contributed by atoms with Crippen molar-refractivity contribution in [3.8, 4) is 0 Å². The average molecular weight is 425 g/mol. The van der Waals surface area contributed by atoms with E-state index in [0.29, 0.717) is 28.0 Å². The SMILES string of the molecule is O=C(Nc1nn(Cc2ccc(Cl)cc2)cc1Cl)c1ccc(Br)cc1. The number of hydrogen-bond donors (Lipinski definition) is 1. The lowest BCUT2D eigenvalue weighted by atomic mass is 10.2. The van der Waals surface area contributed by atoms with E-state index in [0.717, 1.165) is 10.0 Å². The van der Waals surface area contributed by atoms with Crippen LogP contribution in [0.4, 0.5) is 5.82 Å². The van der Waals surface area contributed by atoms with Gasteiger partial charge in [-0.3, -0.25) is 9.48 Å². The highest BCUT2D eigenvalue weighted by atomic mass is 79.9. The van der Waals surface area contributed by atoms with Crippen LogP contribution in [0.5, 0.6) is 0 Å². The van der Waals surface area contributed by atoms with Crippen LogP contribution in [0, 0.1) is 0 Å². The Balaban J connectivity index is 1.72. The van der Waals surface area contributed by atoms with Gasteiger partial charge in [0.1, 0.15) is 5.02 Å². The molecule has 0 fully saturated rings. The van der Waals surface area contributed by atoms with Crippen LogP contribution in [0.2, 0.25) is 10.0 Å². The molecule has 1 heterocycles. The maximum atomic E-state index is 12.2. The van der Waals surface area contributed by atoms with E-state index < -0.39 is 0 Å². The molecule has 1 amide bonds. The summed E-state index contributed by atoms with van der Waals surface area (Å²) in [6, 6.07) is 14.5. The van der Waals surface area contributed by atoms with Crippen LogP contribution in [-0.4, -0.2) is 15.7 Å². The molecule has 0 atom stereocenters. The quantitative estimate of drug-likeness (QED) is 0.621. The molecule has 3 rings (SSSR count). The van der Waals surface area contributed by atoms with Gasteiger partial charge in [0.25, 0.3) is 5.91 Å². The molecule has 1 aromatic heterocycles. The van der Waals surface area contributed by atoms with E-state index in [2.05, 4.69) is 26.3 Å². The number of anilines is 1. The van der Waals surface area contributed by atoms with Gasteiger partial charge in [0.05, 0.1) is 6.54 Å². The van der Waals surface area contributed by atoms with Crippen LogP contribution >= 0.6 is 39.1 Å². The molecule has 4 nitrogen and oxygen atoms in total. The summed E-state index contributed by atoms with van der Waals surface area (Å²) in [7, 11) is 0. The maximum absolute atomic E-state index is 12.2. The van der Waals surface area contributed by atoms with Gasteiger partial charge in [0.15, 0.2) is 5.82 Å². The van der Waals surface area contributed by atoms with Crippen LogP contribution in [0.3, 0.4) is 0 Å². The zero-order valence-electron chi connectivity index (χ0n) is 12.3. The smallest absolute Gasteiger partial charge is 0.256 e. The van der Waals surface area contributed by atoms with Crippen molar-refractivity contribution in [2.24, 2.45) is 0 Å². The fraction of sp³-hybridized carbons (Fsp3) is 0.0588. The lowest BCUT2D eigenvalue weighted by Gasteiger charge is -2.04. The Hall–Kier alpha value is -1.82. The topological polar surface area (TPSA) is 46.9 Å². The van der Waals surface area contributed by atoms with Gasteiger partial charge in [0.2, 0.25) is 0 Å². The van der Waals surface area contributed by atoms with Crippen LogP contribution in [0.25, 0.3) is 0 Å². The van der Waals surface area contributed by atoms with E-state index in [4.69, 9.17) is 23.2 Å². The fourth-order valence-electron chi connectivity index (χ4n) is 2.12. The van der Waals surface area contributed by atoms with Gasteiger partial charge >= 0.3 is 0 Å². The molecule has 3 aromatic rings. The molecule has 0 aliphatic rings. The van der Waals surface area contributed by atoms with Crippen molar-refractivity contribution in [2.45, 2.75) is 6.54 Å². The molecule has 24 heavy (non-hydrogen) atoms. The van der Waals surface area contributed by atoms with Crippen LogP contribution in [0.1, 0.15) is 15.9 Å². The molecular formula is C17H12BrCl2N3O. The first kappa shape index (κ1) is 17.0. The van der Waals surface area contributed by atoms with Gasteiger partial charge in [-0.25, -0.2) is 0 Å². The van der Waals surface area contributed by atoms with Crippen molar-refractivity contribution in [3.05, 3.63) is 80.4 Å². The minimum absolute atomic E-state index is 0.263. The third kappa shape index (κ3) is 4.17. The third-order valence-electron chi connectivity index (χ3n) is 3.31. The predicted octanol–water partition coefficient (Wildman–Crippen LogP) is 5.25. The molecule has 7 heteroatoms. The molecule has 2 aromatic carbocycles. The Morgan fingerprint density at radius 1 is 1.08 bits per heavy atom. The molecular weight excluding hydrogens is 413 g/mol. The minimum Gasteiger partial charge on any atom is -0.304 e. The molecule has 122 valence electrons. The number of rotatable bonds is 4. The molecule has 0 aliphatic heterocycles. The number of hydrogen-bond acceptors (Lipinski definition) is 2. The van der Waals surface area contributed by atoms with E-state index >= 15 is 0 Å². The first-order chi connectivity index (χ1) is 11.5. The van der Waals surface area contributed by atoms with Gasteiger partial charge in [-0.2, -0.15) is 5.10 Å². The summed E-state index contributed by atoms with van der Waals surface area (Å²) in [6.07, 6.45) is 1.67. The number of halogens is 3. The molecule has 1 N–H and O–H groups in total. The second kappa shape index (κ2) is 7.38. The number of nitrogens with one attached hydrogen (secondary N) is 1. The van der Waals surface area contributed by atoms with Crippen molar-refractivity contribution in [1.29, 1.82) is 0 Å². The van der Waals surface area contributed by atoms with Crippen molar-refractivity contribution >= 4 is 50.9 Å². The van der Waals surface area contributed by atoms with E-state index in [1.165, 1.54) is 0 Å². The number of carbonyl (C=O) groups excluding carboxylic acids is 1. The van der Waals surface area contributed by atoms with E-state index in [-0.39, 0.29) is 5.91 Å². The Morgan fingerprint density at radius 2 is 1.75 bits per heavy atom. The van der Waals surface area contributed by atoms with Crippen molar-refractivity contribution in [3.63, 3.8) is 0 Å². The van der Waals surface area contributed by atoms with Crippen LogP contribution < -0.4 is 5.32 Å². The summed E-state index contributed by atoms with van der Waals surface area (Å²) in [5.74, 6) is 0.0692. The fourth-order valence-corrected chi connectivity index (χ4v) is 2.71. The Bertz CT molecular complexity index is 861.